The third-order valence-corrected chi connectivity index (χ3v) is 2.59. The van der Waals surface area contributed by atoms with E-state index in [-0.39, 0.29) is 6.61 Å². The number of hydrogen-bond donors (Lipinski definition) is 1. The van der Waals surface area contributed by atoms with Gasteiger partial charge in [-0.05, 0) is 33.6 Å². The molecule has 0 unspecified atom stereocenters. The quantitative estimate of drug-likeness (QED) is 0.846. The Balaban J connectivity index is 2.37. The highest BCUT2D eigenvalue weighted by molar-refractivity contribution is 9.10. The lowest BCUT2D eigenvalue weighted by atomic mass is 10.1. The van der Waals surface area contributed by atoms with Crippen LogP contribution in [0.25, 0.3) is 11.3 Å². The van der Waals surface area contributed by atoms with Crippen molar-refractivity contribution >= 4 is 15.9 Å². The van der Waals surface area contributed by atoms with E-state index in [0.717, 1.165) is 21.4 Å². The van der Waals surface area contributed by atoms with Gasteiger partial charge in [0.05, 0.1) is 12.3 Å². The number of halogens is 1. The minimum absolute atomic E-state index is 0.0756. The van der Waals surface area contributed by atoms with Gasteiger partial charge in [0.25, 0.3) is 0 Å². The van der Waals surface area contributed by atoms with Gasteiger partial charge in [0.15, 0.2) is 0 Å². The molecule has 0 atom stereocenters. The van der Waals surface area contributed by atoms with Gasteiger partial charge in [-0.15, -0.1) is 0 Å². The first-order valence-electron chi connectivity index (χ1n) is 4.62. The Labute approximate surface area is 96.7 Å². The Morgan fingerprint density at radius 1 is 1.07 bits per heavy atom. The molecule has 0 bridgehead atoms. The van der Waals surface area contributed by atoms with Crippen LogP contribution in [0.15, 0.2) is 47.1 Å². The van der Waals surface area contributed by atoms with Crippen LogP contribution < -0.4 is 0 Å². The van der Waals surface area contributed by atoms with Crippen LogP contribution in [0, 0.1) is 0 Å². The molecule has 1 heterocycles. The summed E-state index contributed by atoms with van der Waals surface area (Å²) in [6.45, 7) is 0.0756. The van der Waals surface area contributed by atoms with Crippen LogP contribution >= 0.6 is 15.9 Å². The topological polar surface area (TPSA) is 33.1 Å². The van der Waals surface area contributed by atoms with Crippen LogP contribution in [0.1, 0.15) is 5.56 Å². The lowest BCUT2D eigenvalue weighted by Gasteiger charge is -2.02. The molecule has 0 aliphatic carbocycles. The first kappa shape index (κ1) is 10.3. The summed E-state index contributed by atoms with van der Waals surface area (Å²) in [6, 6.07) is 13.5. The van der Waals surface area contributed by atoms with E-state index >= 15 is 0 Å². The van der Waals surface area contributed by atoms with E-state index in [1.165, 1.54) is 0 Å². The van der Waals surface area contributed by atoms with Gasteiger partial charge in [0.2, 0.25) is 0 Å². The maximum atomic E-state index is 8.92. The summed E-state index contributed by atoms with van der Waals surface area (Å²) in [4.78, 5) is 4.35. The van der Waals surface area contributed by atoms with Crippen LogP contribution in [-0.2, 0) is 6.61 Å². The smallest absolute Gasteiger partial charge is 0.106 e. The van der Waals surface area contributed by atoms with Gasteiger partial charge in [0.1, 0.15) is 4.60 Å². The Morgan fingerprint density at radius 3 is 2.40 bits per heavy atom. The summed E-state index contributed by atoms with van der Waals surface area (Å²) in [5.74, 6) is 0. The molecule has 2 aromatic rings. The fourth-order valence-corrected chi connectivity index (χ4v) is 1.69. The van der Waals surface area contributed by atoms with Crippen molar-refractivity contribution in [1.82, 2.24) is 4.98 Å². The number of hydrogen-bond acceptors (Lipinski definition) is 2. The van der Waals surface area contributed by atoms with Crippen LogP contribution in [-0.4, -0.2) is 10.1 Å². The van der Waals surface area contributed by atoms with Crippen molar-refractivity contribution in [2.24, 2.45) is 0 Å². The van der Waals surface area contributed by atoms with E-state index in [0.29, 0.717) is 0 Å². The van der Waals surface area contributed by atoms with Crippen LogP contribution in [0.2, 0.25) is 0 Å². The summed E-state index contributed by atoms with van der Waals surface area (Å²) in [5.41, 5.74) is 2.89. The number of rotatable bonds is 2. The number of aliphatic hydroxyl groups is 1. The summed E-state index contributed by atoms with van der Waals surface area (Å²) < 4.78 is 0.825. The average molecular weight is 264 g/mol. The Kier molecular flexibility index (Phi) is 3.14. The summed E-state index contributed by atoms with van der Waals surface area (Å²) in [7, 11) is 0. The zero-order chi connectivity index (χ0) is 10.7. The highest BCUT2D eigenvalue weighted by Gasteiger charge is 1.99. The number of nitrogens with zero attached hydrogens (tertiary/aromatic N) is 1. The molecule has 0 aliphatic rings. The number of aromatic nitrogens is 1. The largest absolute Gasteiger partial charge is 0.392 e. The first-order valence-corrected chi connectivity index (χ1v) is 5.41. The SMILES string of the molecule is OCc1ccc(-c2cccc(Br)n2)cc1. The minimum Gasteiger partial charge on any atom is -0.392 e. The van der Waals surface area contributed by atoms with Crippen molar-refractivity contribution in [3.8, 4) is 11.3 Å². The highest BCUT2D eigenvalue weighted by Crippen LogP contribution is 2.19. The molecule has 0 saturated carbocycles. The molecule has 1 aromatic heterocycles. The second-order valence-corrected chi connectivity index (χ2v) is 4.01. The van der Waals surface area contributed by atoms with Crippen molar-refractivity contribution < 1.29 is 5.11 Å². The van der Waals surface area contributed by atoms with Crippen molar-refractivity contribution in [2.75, 3.05) is 0 Å². The molecular weight excluding hydrogens is 254 g/mol. The fourth-order valence-electron chi connectivity index (χ4n) is 1.35. The molecule has 0 fully saturated rings. The minimum atomic E-state index is 0.0756. The Morgan fingerprint density at radius 2 is 1.80 bits per heavy atom. The summed E-state index contributed by atoms with van der Waals surface area (Å²) in [5, 5.41) is 8.92. The highest BCUT2D eigenvalue weighted by atomic mass is 79.9. The Bertz CT molecular complexity index is 453. The number of aliphatic hydroxyl groups excluding tert-OH is 1. The average Bonchev–Trinajstić information content (AvgIpc) is 2.29. The van der Waals surface area contributed by atoms with E-state index in [2.05, 4.69) is 20.9 Å². The number of pyridine rings is 1. The third kappa shape index (κ3) is 2.43. The van der Waals surface area contributed by atoms with Crippen molar-refractivity contribution in [2.45, 2.75) is 6.61 Å². The molecule has 2 rings (SSSR count). The molecule has 0 amide bonds. The molecule has 3 heteroatoms. The van der Waals surface area contributed by atoms with Crippen LogP contribution in [0.3, 0.4) is 0 Å². The van der Waals surface area contributed by atoms with Crippen LogP contribution in [0.5, 0.6) is 0 Å². The molecule has 0 saturated heterocycles. The molecule has 1 aromatic carbocycles. The molecule has 0 radical (unpaired) electrons. The summed E-state index contributed by atoms with van der Waals surface area (Å²) in [6.07, 6.45) is 0. The normalized spacial score (nSPS) is 10.3. The molecule has 1 N–H and O–H groups in total. The molecule has 2 nitrogen and oxygen atoms in total. The van der Waals surface area contributed by atoms with Gasteiger partial charge in [-0.3, -0.25) is 0 Å². The molecule has 0 aliphatic heterocycles. The first-order chi connectivity index (χ1) is 7.29. The maximum Gasteiger partial charge on any atom is 0.106 e. The number of benzene rings is 1. The van der Waals surface area contributed by atoms with E-state index in [4.69, 9.17) is 5.11 Å². The van der Waals surface area contributed by atoms with Crippen molar-refractivity contribution in [3.05, 3.63) is 52.6 Å². The zero-order valence-corrected chi connectivity index (χ0v) is 9.61. The second-order valence-electron chi connectivity index (χ2n) is 3.20. The Hall–Kier alpha value is -1.19. The van der Waals surface area contributed by atoms with Crippen molar-refractivity contribution in [1.29, 1.82) is 0 Å². The predicted molar refractivity (Wildman–Crippen MR) is 63.3 cm³/mol. The second kappa shape index (κ2) is 4.55. The van der Waals surface area contributed by atoms with Gasteiger partial charge in [-0.1, -0.05) is 30.3 Å². The lowest BCUT2D eigenvalue weighted by Crippen LogP contribution is -1.86. The van der Waals surface area contributed by atoms with E-state index in [9.17, 15) is 0 Å². The van der Waals surface area contributed by atoms with E-state index < -0.39 is 0 Å². The summed E-state index contributed by atoms with van der Waals surface area (Å²) >= 11 is 3.34. The van der Waals surface area contributed by atoms with Gasteiger partial charge in [-0.25, -0.2) is 4.98 Å². The standard InChI is InChI=1S/C12H10BrNO/c13-12-3-1-2-11(14-12)10-6-4-9(8-15)5-7-10/h1-7,15H,8H2. The third-order valence-electron chi connectivity index (χ3n) is 2.15. The van der Waals surface area contributed by atoms with Crippen molar-refractivity contribution in [3.63, 3.8) is 0 Å². The van der Waals surface area contributed by atoms with Crippen LogP contribution in [0.4, 0.5) is 0 Å². The zero-order valence-electron chi connectivity index (χ0n) is 8.02. The predicted octanol–water partition coefficient (Wildman–Crippen LogP) is 3.00. The maximum absolute atomic E-state index is 8.92. The molecule has 15 heavy (non-hydrogen) atoms. The van der Waals surface area contributed by atoms with Gasteiger partial charge >= 0.3 is 0 Å². The molecule has 0 spiro atoms. The fraction of sp³-hybridized carbons (Fsp3) is 0.0833. The molecule has 76 valence electrons. The monoisotopic (exact) mass is 263 g/mol. The lowest BCUT2D eigenvalue weighted by molar-refractivity contribution is 0.282. The van der Waals surface area contributed by atoms with E-state index in [1.54, 1.807) is 0 Å². The van der Waals surface area contributed by atoms with Gasteiger partial charge in [-0.2, -0.15) is 0 Å². The van der Waals surface area contributed by atoms with Gasteiger partial charge in [0, 0.05) is 5.56 Å². The van der Waals surface area contributed by atoms with Gasteiger partial charge < -0.3 is 5.11 Å². The van der Waals surface area contributed by atoms with E-state index in [1.807, 2.05) is 42.5 Å². The molecular formula is C12H10BrNO.